The highest BCUT2D eigenvalue weighted by Gasteiger charge is 2.24. The zero-order valence-corrected chi connectivity index (χ0v) is 13.8. The van der Waals surface area contributed by atoms with Crippen molar-refractivity contribution in [2.45, 2.75) is 26.4 Å². The summed E-state index contributed by atoms with van der Waals surface area (Å²) in [7, 11) is 0. The quantitative estimate of drug-likeness (QED) is 0.853. The molecular weight excluding hydrogens is 315 g/mol. The third-order valence-electron chi connectivity index (χ3n) is 3.39. The molecule has 0 aliphatic carbocycles. The van der Waals surface area contributed by atoms with Crippen molar-refractivity contribution < 1.29 is 14.0 Å². The molecule has 1 aromatic carbocycles. The van der Waals surface area contributed by atoms with E-state index >= 15 is 0 Å². The van der Waals surface area contributed by atoms with Crippen LogP contribution in [0.4, 0.5) is 4.39 Å². The van der Waals surface area contributed by atoms with E-state index < -0.39 is 6.04 Å². The fourth-order valence-corrected chi connectivity index (χ4v) is 2.72. The number of halogens is 1. The van der Waals surface area contributed by atoms with Gasteiger partial charge in [0.25, 0.3) is 5.91 Å². The minimum atomic E-state index is -0.670. The standard InChI is InChI=1S/C17H19FN2O2S/c1-11(2)15(20-16(21)14-8-5-9-23-14)17(22)19-10-12-6-3-4-7-13(12)18/h3-9,11,15H,10H2,1-2H3,(H,19,22)(H,20,21)/t15-/m1/s1. The van der Waals surface area contributed by atoms with Gasteiger partial charge < -0.3 is 10.6 Å². The lowest BCUT2D eigenvalue weighted by Crippen LogP contribution is -2.49. The van der Waals surface area contributed by atoms with Gasteiger partial charge in [-0.05, 0) is 23.4 Å². The first-order valence-electron chi connectivity index (χ1n) is 7.34. The van der Waals surface area contributed by atoms with Crippen LogP contribution in [0.25, 0.3) is 0 Å². The maximum Gasteiger partial charge on any atom is 0.262 e. The molecule has 2 aromatic rings. The minimum Gasteiger partial charge on any atom is -0.350 e. The predicted molar refractivity (Wildman–Crippen MR) is 88.7 cm³/mol. The van der Waals surface area contributed by atoms with E-state index in [2.05, 4.69) is 10.6 Å². The van der Waals surface area contributed by atoms with Crippen molar-refractivity contribution in [2.24, 2.45) is 5.92 Å². The first-order chi connectivity index (χ1) is 11.0. The zero-order valence-electron chi connectivity index (χ0n) is 13.0. The van der Waals surface area contributed by atoms with Crippen molar-refractivity contribution in [1.29, 1.82) is 0 Å². The molecule has 0 radical (unpaired) electrons. The number of rotatable bonds is 6. The number of amides is 2. The van der Waals surface area contributed by atoms with Gasteiger partial charge in [-0.15, -0.1) is 11.3 Å². The third-order valence-corrected chi connectivity index (χ3v) is 4.26. The van der Waals surface area contributed by atoms with Crippen LogP contribution in [0, 0.1) is 11.7 Å². The normalized spacial score (nSPS) is 12.0. The first kappa shape index (κ1) is 17.1. The van der Waals surface area contributed by atoms with Gasteiger partial charge in [-0.25, -0.2) is 4.39 Å². The summed E-state index contributed by atoms with van der Waals surface area (Å²) in [6, 6.07) is 9.08. The summed E-state index contributed by atoms with van der Waals surface area (Å²) < 4.78 is 13.6. The van der Waals surface area contributed by atoms with Crippen molar-refractivity contribution in [2.75, 3.05) is 0 Å². The molecule has 1 atom stereocenters. The van der Waals surface area contributed by atoms with Gasteiger partial charge in [0, 0.05) is 12.1 Å². The Bertz CT molecular complexity index is 671. The maximum atomic E-state index is 13.6. The molecule has 0 spiro atoms. The molecule has 1 aromatic heterocycles. The van der Waals surface area contributed by atoms with Crippen LogP contribution >= 0.6 is 11.3 Å². The second-order valence-corrected chi connectivity index (χ2v) is 6.43. The average molecular weight is 334 g/mol. The highest BCUT2D eigenvalue weighted by molar-refractivity contribution is 7.12. The van der Waals surface area contributed by atoms with E-state index in [9.17, 15) is 14.0 Å². The zero-order chi connectivity index (χ0) is 16.8. The van der Waals surface area contributed by atoms with E-state index in [-0.39, 0.29) is 30.1 Å². The monoisotopic (exact) mass is 334 g/mol. The van der Waals surface area contributed by atoms with E-state index in [1.807, 2.05) is 13.8 Å². The van der Waals surface area contributed by atoms with E-state index in [1.54, 1.807) is 35.7 Å². The van der Waals surface area contributed by atoms with Crippen LogP contribution in [0.1, 0.15) is 29.1 Å². The largest absolute Gasteiger partial charge is 0.350 e. The molecule has 0 bridgehead atoms. The van der Waals surface area contributed by atoms with Crippen LogP contribution in [0.3, 0.4) is 0 Å². The molecule has 2 amide bonds. The van der Waals surface area contributed by atoms with E-state index in [1.165, 1.54) is 17.4 Å². The summed E-state index contributed by atoms with van der Waals surface area (Å²) >= 11 is 1.32. The van der Waals surface area contributed by atoms with Crippen LogP contribution in [0.2, 0.25) is 0 Å². The summed E-state index contributed by atoms with van der Waals surface area (Å²) in [6.07, 6.45) is 0. The van der Waals surface area contributed by atoms with E-state index in [0.29, 0.717) is 10.4 Å². The van der Waals surface area contributed by atoms with Gasteiger partial charge in [0.05, 0.1) is 4.88 Å². The number of carbonyl (C=O) groups is 2. The lowest BCUT2D eigenvalue weighted by atomic mass is 10.0. The smallest absolute Gasteiger partial charge is 0.262 e. The van der Waals surface area contributed by atoms with Gasteiger partial charge >= 0.3 is 0 Å². The first-order valence-corrected chi connectivity index (χ1v) is 8.22. The number of hydrogen-bond acceptors (Lipinski definition) is 3. The Kier molecular flexibility index (Phi) is 5.87. The Hall–Kier alpha value is -2.21. The maximum absolute atomic E-state index is 13.6. The second-order valence-electron chi connectivity index (χ2n) is 5.48. The molecule has 2 N–H and O–H groups in total. The molecule has 0 saturated heterocycles. The molecular formula is C17H19FN2O2S. The molecule has 1 heterocycles. The number of nitrogens with one attached hydrogen (secondary N) is 2. The number of hydrogen-bond donors (Lipinski definition) is 2. The molecule has 0 saturated carbocycles. The highest BCUT2D eigenvalue weighted by Crippen LogP contribution is 2.11. The Morgan fingerprint density at radius 3 is 2.52 bits per heavy atom. The number of carbonyl (C=O) groups excluding carboxylic acids is 2. The topological polar surface area (TPSA) is 58.2 Å². The second kappa shape index (κ2) is 7.87. The summed E-state index contributed by atoms with van der Waals surface area (Å²) in [5, 5.41) is 7.22. The van der Waals surface area contributed by atoms with Crippen molar-refractivity contribution >= 4 is 23.2 Å². The van der Waals surface area contributed by atoms with Crippen LogP contribution in [-0.4, -0.2) is 17.9 Å². The van der Waals surface area contributed by atoms with Crippen molar-refractivity contribution in [1.82, 2.24) is 10.6 Å². The summed E-state index contributed by atoms with van der Waals surface area (Å²) in [5.41, 5.74) is 0.410. The summed E-state index contributed by atoms with van der Waals surface area (Å²) in [4.78, 5) is 25.0. The fraction of sp³-hybridized carbons (Fsp3) is 0.294. The van der Waals surface area contributed by atoms with Gasteiger partial charge in [-0.2, -0.15) is 0 Å². The van der Waals surface area contributed by atoms with E-state index in [0.717, 1.165) is 0 Å². The van der Waals surface area contributed by atoms with Gasteiger partial charge in [0.2, 0.25) is 5.91 Å². The van der Waals surface area contributed by atoms with E-state index in [4.69, 9.17) is 0 Å². The molecule has 0 unspecified atom stereocenters. The Morgan fingerprint density at radius 1 is 1.17 bits per heavy atom. The lowest BCUT2D eigenvalue weighted by Gasteiger charge is -2.21. The fourth-order valence-electron chi connectivity index (χ4n) is 2.09. The number of thiophene rings is 1. The molecule has 6 heteroatoms. The molecule has 0 fully saturated rings. The van der Waals surface area contributed by atoms with Gasteiger partial charge in [-0.1, -0.05) is 38.1 Å². The van der Waals surface area contributed by atoms with Crippen LogP contribution < -0.4 is 10.6 Å². The SMILES string of the molecule is CC(C)[C@@H](NC(=O)c1cccs1)C(=O)NCc1ccccc1F. The van der Waals surface area contributed by atoms with Crippen LogP contribution in [-0.2, 0) is 11.3 Å². The molecule has 2 rings (SSSR count). The molecule has 0 aliphatic rings. The Balaban J connectivity index is 1.98. The molecule has 0 aliphatic heterocycles. The van der Waals surface area contributed by atoms with Crippen LogP contribution in [0.5, 0.6) is 0 Å². The predicted octanol–water partition coefficient (Wildman–Crippen LogP) is 2.96. The lowest BCUT2D eigenvalue weighted by molar-refractivity contribution is -0.124. The Morgan fingerprint density at radius 2 is 1.91 bits per heavy atom. The molecule has 23 heavy (non-hydrogen) atoms. The van der Waals surface area contributed by atoms with Crippen LogP contribution in [0.15, 0.2) is 41.8 Å². The third kappa shape index (κ3) is 4.63. The van der Waals surface area contributed by atoms with Crippen molar-refractivity contribution in [3.05, 3.63) is 58.0 Å². The summed E-state index contributed by atoms with van der Waals surface area (Å²) in [5.74, 6) is -1.05. The molecule has 122 valence electrons. The minimum absolute atomic E-state index is 0.0838. The molecule has 4 nitrogen and oxygen atoms in total. The average Bonchev–Trinajstić information content (AvgIpc) is 3.05. The van der Waals surface area contributed by atoms with Gasteiger partial charge in [0.1, 0.15) is 11.9 Å². The van der Waals surface area contributed by atoms with Gasteiger partial charge in [-0.3, -0.25) is 9.59 Å². The van der Waals surface area contributed by atoms with Gasteiger partial charge in [0.15, 0.2) is 0 Å². The Labute approximate surface area is 138 Å². The summed E-state index contributed by atoms with van der Waals surface area (Å²) in [6.45, 7) is 3.79. The van der Waals surface area contributed by atoms with Crippen molar-refractivity contribution in [3.63, 3.8) is 0 Å². The number of benzene rings is 1. The highest BCUT2D eigenvalue weighted by atomic mass is 32.1. The van der Waals surface area contributed by atoms with Crippen molar-refractivity contribution in [3.8, 4) is 0 Å².